The molecular formula is C15H23F3N4O. The van der Waals surface area contributed by atoms with Gasteiger partial charge in [-0.05, 0) is 31.9 Å². The van der Waals surface area contributed by atoms with Crippen molar-refractivity contribution in [3.63, 3.8) is 0 Å². The topological polar surface area (TPSA) is 50.2 Å². The quantitative estimate of drug-likeness (QED) is 0.871. The van der Waals surface area contributed by atoms with E-state index in [1.165, 1.54) is 6.07 Å². The van der Waals surface area contributed by atoms with E-state index in [0.29, 0.717) is 6.42 Å². The van der Waals surface area contributed by atoms with Crippen LogP contribution in [-0.2, 0) is 0 Å². The molecule has 1 aliphatic heterocycles. The van der Waals surface area contributed by atoms with Crippen LogP contribution in [0.5, 0.6) is 0 Å². The van der Waals surface area contributed by atoms with Crippen molar-refractivity contribution in [1.29, 1.82) is 0 Å². The second kappa shape index (κ2) is 7.81. The molecule has 0 bridgehead atoms. The van der Waals surface area contributed by atoms with Gasteiger partial charge in [-0.25, -0.2) is 0 Å². The van der Waals surface area contributed by atoms with Crippen LogP contribution in [0.25, 0.3) is 0 Å². The molecule has 1 aliphatic rings. The Bertz CT molecular complexity index is 509. The minimum Gasteiger partial charge on any atom is -0.328 e. The molecule has 1 unspecified atom stereocenters. The molecule has 1 saturated heterocycles. The van der Waals surface area contributed by atoms with Crippen molar-refractivity contribution in [3.05, 3.63) is 18.0 Å². The van der Waals surface area contributed by atoms with Gasteiger partial charge in [0.1, 0.15) is 12.2 Å². The minimum atomic E-state index is -4.40. The van der Waals surface area contributed by atoms with Crippen LogP contribution in [0.2, 0.25) is 0 Å². The van der Waals surface area contributed by atoms with Gasteiger partial charge in [0.2, 0.25) is 0 Å². The predicted molar refractivity (Wildman–Crippen MR) is 80.2 cm³/mol. The molecule has 23 heavy (non-hydrogen) atoms. The van der Waals surface area contributed by atoms with Crippen LogP contribution in [0.15, 0.2) is 12.3 Å². The first-order valence-corrected chi connectivity index (χ1v) is 8.02. The molecule has 1 amide bonds. The van der Waals surface area contributed by atoms with Crippen LogP contribution in [0, 0.1) is 0 Å². The van der Waals surface area contributed by atoms with Crippen molar-refractivity contribution in [2.24, 2.45) is 0 Å². The van der Waals surface area contributed by atoms with E-state index in [2.05, 4.69) is 10.4 Å². The maximum absolute atomic E-state index is 12.7. The van der Waals surface area contributed by atoms with Crippen LogP contribution in [-0.4, -0.2) is 52.9 Å². The fourth-order valence-electron chi connectivity index (χ4n) is 2.69. The lowest BCUT2D eigenvalue weighted by Crippen LogP contribution is -2.40. The number of hydrogen-bond acceptors (Lipinski definition) is 3. The van der Waals surface area contributed by atoms with Gasteiger partial charge in [-0.2, -0.15) is 18.3 Å². The van der Waals surface area contributed by atoms with Gasteiger partial charge in [0.25, 0.3) is 5.91 Å². The summed E-state index contributed by atoms with van der Waals surface area (Å²) < 4.78 is 39.7. The molecule has 1 aromatic rings. The van der Waals surface area contributed by atoms with Crippen LogP contribution in [0.1, 0.15) is 49.1 Å². The number of piperidine rings is 1. The Labute approximate surface area is 133 Å². The van der Waals surface area contributed by atoms with Crippen molar-refractivity contribution in [2.45, 2.75) is 44.8 Å². The van der Waals surface area contributed by atoms with E-state index in [0.717, 1.165) is 37.3 Å². The molecule has 0 aliphatic carbocycles. The van der Waals surface area contributed by atoms with Crippen molar-refractivity contribution in [3.8, 4) is 0 Å². The van der Waals surface area contributed by atoms with E-state index >= 15 is 0 Å². The van der Waals surface area contributed by atoms with Gasteiger partial charge in [0, 0.05) is 19.3 Å². The lowest BCUT2D eigenvalue weighted by Gasteiger charge is -2.24. The molecule has 0 spiro atoms. The van der Waals surface area contributed by atoms with Crippen molar-refractivity contribution < 1.29 is 18.0 Å². The van der Waals surface area contributed by atoms with Gasteiger partial charge in [-0.15, -0.1) is 0 Å². The Morgan fingerprint density at radius 2 is 2.30 bits per heavy atom. The average Bonchev–Trinajstić information content (AvgIpc) is 3.00. The summed E-state index contributed by atoms with van der Waals surface area (Å²) in [6.45, 7) is 2.45. The smallest absolute Gasteiger partial charge is 0.328 e. The number of nitrogens with one attached hydrogen (secondary N) is 1. The molecule has 130 valence electrons. The lowest BCUT2D eigenvalue weighted by atomic mass is 10.1. The number of hydrogen-bond donors (Lipinski definition) is 1. The van der Waals surface area contributed by atoms with Crippen LogP contribution in [0.4, 0.5) is 13.2 Å². The number of unbranched alkanes of at least 4 members (excludes halogenated alkanes) is 1. The summed E-state index contributed by atoms with van der Waals surface area (Å²) >= 11 is 0. The summed E-state index contributed by atoms with van der Waals surface area (Å²) in [7, 11) is 0. The molecular weight excluding hydrogens is 309 g/mol. The average molecular weight is 332 g/mol. The highest BCUT2D eigenvalue weighted by Gasteiger charge is 2.33. The molecule has 2 heterocycles. The monoisotopic (exact) mass is 332 g/mol. The number of aromatic nitrogens is 2. The molecule has 1 fully saturated rings. The number of carbonyl (C=O) groups is 1. The van der Waals surface area contributed by atoms with Crippen LogP contribution < -0.4 is 5.32 Å². The molecule has 1 aromatic heterocycles. The third-order valence-corrected chi connectivity index (χ3v) is 3.91. The van der Waals surface area contributed by atoms with E-state index in [9.17, 15) is 18.0 Å². The maximum Gasteiger partial charge on any atom is 0.406 e. The Kier molecular flexibility index (Phi) is 6.04. The highest BCUT2D eigenvalue weighted by molar-refractivity contribution is 5.92. The van der Waals surface area contributed by atoms with E-state index in [4.69, 9.17) is 0 Å². The molecule has 0 saturated carbocycles. The summed E-state index contributed by atoms with van der Waals surface area (Å²) in [4.78, 5) is 13.2. The number of amides is 1. The van der Waals surface area contributed by atoms with E-state index < -0.39 is 18.6 Å². The van der Waals surface area contributed by atoms with Crippen LogP contribution >= 0.6 is 0 Å². The summed E-state index contributed by atoms with van der Waals surface area (Å²) in [5.41, 5.74) is 0.0796. The summed E-state index contributed by atoms with van der Waals surface area (Å²) in [5, 5.41) is 7.46. The summed E-state index contributed by atoms with van der Waals surface area (Å²) in [6, 6.07) is 1.66. The number of nitrogens with zero attached hydrogens (tertiary/aromatic N) is 3. The molecule has 1 N–H and O–H groups in total. The van der Waals surface area contributed by atoms with E-state index in [1.54, 1.807) is 10.9 Å². The summed E-state index contributed by atoms with van der Waals surface area (Å²) in [5.74, 6) is -0.654. The first-order valence-electron chi connectivity index (χ1n) is 8.02. The molecule has 2 rings (SSSR count). The zero-order chi connectivity index (χ0) is 16.9. The fourth-order valence-corrected chi connectivity index (χ4v) is 2.69. The highest BCUT2D eigenvalue weighted by Crippen LogP contribution is 2.20. The van der Waals surface area contributed by atoms with Crippen LogP contribution in [0.3, 0.4) is 0 Å². The zero-order valence-corrected chi connectivity index (χ0v) is 13.3. The Morgan fingerprint density at radius 3 is 2.91 bits per heavy atom. The third-order valence-electron chi connectivity index (χ3n) is 3.91. The van der Waals surface area contributed by atoms with Crippen molar-refractivity contribution in [1.82, 2.24) is 20.0 Å². The standard InChI is InChI=1S/C15H23F3N4O/c1-2-3-8-21(11-15(16,17)18)14(23)13-6-9-22(20-13)12-5-4-7-19-10-12/h6,9,12,19H,2-5,7-8,10-11H2,1H3. The molecule has 5 nitrogen and oxygen atoms in total. The van der Waals surface area contributed by atoms with Gasteiger partial charge in [0.15, 0.2) is 0 Å². The van der Waals surface area contributed by atoms with Crippen molar-refractivity contribution in [2.75, 3.05) is 26.2 Å². The first kappa shape index (κ1) is 17.8. The second-order valence-electron chi connectivity index (χ2n) is 5.88. The molecule has 0 aromatic carbocycles. The van der Waals surface area contributed by atoms with Gasteiger partial charge >= 0.3 is 6.18 Å². The number of alkyl halides is 3. The molecule has 8 heteroatoms. The van der Waals surface area contributed by atoms with Gasteiger partial charge in [-0.3, -0.25) is 9.48 Å². The SMILES string of the molecule is CCCCN(CC(F)(F)F)C(=O)c1ccn(C2CCCNC2)n1. The number of rotatable bonds is 6. The fraction of sp³-hybridized carbons (Fsp3) is 0.733. The summed E-state index contributed by atoms with van der Waals surface area (Å²) in [6.07, 6.45) is 0.504. The molecule has 1 atom stereocenters. The van der Waals surface area contributed by atoms with Gasteiger partial charge < -0.3 is 10.2 Å². The highest BCUT2D eigenvalue weighted by atomic mass is 19.4. The number of halogens is 3. The number of carbonyl (C=O) groups excluding carboxylic acids is 1. The Morgan fingerprint density at radius 1 is 1.52 bits per heavy atom. The zero-order valence-electron chi connectivity index (χ0n) is 13.3. The van der Waals surface area contributed by atoms with E-state index in [-0.39, 0.29) is 18.3 Å². The second-order valence-corrected chi connectivity index (χ2v) is 5.88. The first-order chi connectivity index (χ1) is 10.9. The largest absolute Gasteiger partial charge is 0.406 e. The van der Waals surface area contributed by atoms with Gasteiger partial charge in [-0.1, -0.05) is 13.3 Å². The normalized spacial score (nSPS) is 18.9. The third kappa shape index (κ3) is 5.23. The Hall–Kier alpha value is -1.57. The van der Waals surface area contributed by atoms with E-state index in [1.807, 2.05) is 6.92 Å². The minimum absolute atomic E-state index is 0.0796. The Balaban J connectivity index is 2.07. The molecule has 0 radical (unpaired) electrons. The predicted octanol–water partition coefficient (Wildman–Crippen LogP) is 2.61. The van der Waals surface area contributed by atoms with Crippen molar-refractivity contribution >= 4 is 5.91 Å². The lowest BCUT2D eigenvalue weighted by molar-refractivity contribution is -0.140. The van der Waals surface area contributed by atoms with Gasteiger partial charge in [0.05, 0.1) is 6.04 Å². The maximum atomic E-state index is 12.7.